The number of hydrogen-bond donors (Lipinski definition) is 0. The number of hydrogen-bond acceptors (Lipinski definition) is 3. The highest BCUT2D eigenvalue weighted by atomic mass is 32.2. The van der Waals surface area contributed by atoms with Crippen molar-refractivity contribution in [2.75, 3.05) is 18.8 Å². The average Bonchev–Trinajstić information content (AvgIpc) is 3.13. The third-order valence-electron chi connectivity index (χ3n) is 4.31. The maximum absolute atomic E-state index is 12.0. The lowest BCUT2D eigenvalue weighted by atomic mass is 9.98. The molecule has 4 nitrogen and oxygen atoms in total. The van der Waals surface area contributed by atoms with E-state index in [0.717, 1.165) is 25.9 Å². The van der Waals surface area contributed by atoms with Gasteiger partial charge in [0.05, 0.1) is 11.0 Å². The average molecular weight is 287 g/mol. The van der Waals surface area contributed by atoms with Gasteiger partial charge >= 0.3 is 0 Å². The zero-order valence-corrected chi connectivity index (χ0v) is 12.8. The van der Waals surface area contributed by atoms with Crippen LogP contribution < -0.4 is 0 Å². The molecule has 0 aromatic carbocycles. The van der Waals surface area contributed by atoms with Crippen molar-refractivity contribution in [3.63, 3.8) is 0 Å². The van der Waals surface area contributed by atoms with Crippen LogP contribution >= 0.6 is 0 Å². The lowest BCUT2D eigenvalue weighted by Gasteiger charge is -2.32. The molecule has 1 aliphatic heterocycles. The Morgan fingerprint density at radius 2 is 1.68 bits per heavy atom. The van der Waals surface area contributed by atoms with Gasteiger partial charge in [0.15, 0.2) is 9.84 Å². The van der Waals surface area contributed by atoms with Gasteiger partial charge < -0.3 is 4.90 Å². The van der Waals surface area contributed by atoms with E-state index in [9.17, 15) is 13.2 Å². The summed E-state index contributed by atoms with van der Waals surface area (Å²) in [5.41, 5.74) is 0. The van der Waals surface area contributed by atoms with Crippen LogP contribution in [0.15, 0.2) is 0 Å². The van der Waals surface area contributed by atoms with Crippen molar-refractivity contribution in [2.45, 2.75) is 51.2 Å². The number of carbonyl (C=O) groups is 1. The molecule has 0 bridgehead atoms. The van der Waals surface area contributed by atoms with Gasteiger partial charge in [0.1, 0.15) is 0 Å². The molecule has 0 unspecified atom stereocenters. The molecular formula is C14H25NO3S. The van der Waals surface area contributed by atoms with Gasteiger partial charge in [0.2, 0.25) is 5.91 Å². The predicted octanol–water partition coefficient (Wildman–Crippen LogP) is 1.85. The summed E-state index contributed by atoms with van der Waals surface area (Å²) in [6, 6.07) is 0. The van der Waals surface area contributed by atoms with Crippen LogP contribution in [0.3, 0.4) is 0 Å². The first-order valence-electron chi connectivity index (χ1n) is 7.38. The molecule has 110 valence electrons. The van der Waals surface area contributed by atoms with Crippen LogP contribution in [-0.4, -0.2) is 43.3 Å². The van der Waals surface area contributed by atoms with E-state index in [-0.39, 0.29) is 22.8 Å². The molecule has 0 atom stereocenters. The minimum Gasteiger partial charge on any atom is -0.343 e. The Morgan fingerprint density at radius 3 is 2.16 bits per heavy atom. The summed E-state index contributed by atoms with van der Waals surface area (Å²) in [7, 11) is -2.95. The van der Waals surface area contributed by atoms with E-state index in [1.54, 1.807) is 13.8 Å². The quantitative estimate of drug-likeness (QED) is 0.775. The Bertz CT molecular complexity index is 418. The molecular weight excluding hydrogens is 262 g/mol. The number of amides is 1. The molecule has 0 N–H and O–H groups in total. The highest BCUT2D eigenvalue weighted by molar-refractivity contribution is 7.91. The van der Waals surface area contributed by atoms with E-state index in [1.165, 1.54) is 12.8 Å². The summed E-state index contributed by atoms with van der Waals surface area (Å²) < 4.78 is 23.8. The van der Waals surface area contributed by atoms with Crippen LogP contribution in [0.5, 0.6) is 0 Å². The number of likely N-dealkylation sites (tertiary alicyclic amines) is 1. The van der Waals surface area contributed by atoms with Gasteiger partial charge in [-0.3, -0.25) is 4.79 Å². The topological polar surface area (TPSA) is 54.5 Å². The van der Waals surface area contributed by atoms with Crippen LogP contribution in [-0.2, 0) is 14.6 Å². The lowest BCUT2D eigenvalue weighted by molar-refractivity contribution is -0.132. The Morgan fingerprint density at radius 1 is 1.11 bits per heavy atom. The summed E-state index contributed by atoms with van der Waals surface area (Å²) in [6.07, 6.45) is 4.78. The largest absolute Gasteiger partial charge is 0.343 e. The Kier molecular flexibility index (Phi) is 4.54. The molecule has 0 aromatic rings. The van der Waals surface area contributed by atoms with Crippen molar-refractivity contribution in [2.24, 2.45) is 11.8 Å². The van der Waals surface area contributed by atoms with E-state index in [4.69, 9.17) is 0 Å². The first-order chi connectivity index (χ1) is 8.88. The molecule has 1 amide bonds. The van der Waals surface area contributed by atoms with E-state index in [0.29, 0.717) is 12.3 Å². The summed E-state index contributed by atoms with van der Waals surface area (Å²) in [5, 5.41) is -0.290. The summed E-state index contributed by atoms with van der Waals surface area (Å²) in [4.78, 5) is 13.9. The molecule has 2 rings (SSSR count). The zero-order chi connectivity index (χ0) is 14.0. The van der Waals surface area contributed by atoms with Gasteiger partial charge in [-0.2, -0.15) is 0 Å². The highest BCUT2D eigenvalue weighted by Crippen LogP contribution is 2.33. The first-order valence-corrected chi connectivity index (χ1v) is 9.09. The monoisotopic (exact) mass is 287 g/mol. The summed E-state index contributed by atoms with van der Waals surface area (Å²) in [6.45, 7) is 4.96. The van der Waals surface area contributed by atoms with Crippen molar-refractivity contribution >= 4 is 15.7 Å². The predicted molar refractivity (Wildman–Crippen MR) is 75.6 cm³/mol. The molecule has 2 aliphatic rings. The van der Waals surface area contributed by atoms with Crippen molar-refractivity contribution < 1.29 is 13.2 Å². The second-order valence-corrected chi connectivity index (χ2v) is 8.95. The fraction of sp³-hybridized carbons (Fsp3) is 0.929. The van der Waals surface area contributed by atoms with E-state index < -0.39 is 9.84 Å². The van der Waals surface area contributed by atoms with E-state index in [1.807, 2.05) is 4.90 Å². The number of sulfone groups is 1. The minimum atomic E-state index is -2.95. The van der Waals surface area contributed by atoms with Gasteiger partial charge in [0, 0.05) is 19.5 Å². The molecule has 2 fully saturated rings. The third-order valence-corrected chi connectivity index (χ3v) is 6.69. The summed E-state index contributed by atoms with van der Waals surface area (Å²) >= 11 is 0. The standard InChI is InChI=1S/C14H25NO3S/c1-11(2)19(17,18)10-13-5-7-15(8-6-13)14(16)9-12-3-4-12/h11-13H,3-10H2,1-2H3. The van der Waals surface area contributed by atoms with Crippen LogP contribution in [0.4, 0.5) is 0 Å². The SMILES string of the molecule is CC(C)S(=O)(=O)CC1CCN(C(=O)CC2CC2)CC1. The number of rotatable bonds is 5. The fourth-order valence-electron chi connectivity index (χ4n) is 2.57. The van der Waals surface area contributed by atoms with Crippen LogP contribution in [0.1, 0.15) is 46.0 Å². The van der Waals surface area contributed by atoms with Gasteiger partial charge in [0.25, 0.3) is 0 Å². The maximum Gasteiger partial charge on any atom is 0.222 e. The van der Waals surface area contributed by atoms with Crippen LogP contribution in [0.2, 0.25) is 0 Å². The van der Waals surface area contributed by atoms with Gasteiger partial charge in [-0.25, -0.2) is 8.42 Å². The Labute approximate surface area is 116 Å². The maximum atomic E-state index is 12.0. The molecule has 1 heterocycles. The van der Waals surface area contributed by atoms with Gasteiger partial charge in [-0.1, -0.05) is 0 Å². The van der Waals surface area contributed by atoms with Crippen LogP contribution in [0, 0.1) is 11.8 Å². The molecule has 0 radical (unpaired) electrons. The van der Waals surface area contributed by atoms with Gasteiger partial charge in [-0.15, -0.1) is 0 Å². The minimum absolute atomic E-state index is 0.234. The van der Waals surface area contributed by atoms with Crippen molar-refractivity contribution in [3.8, 4) is 0 Å². The number of piperidine rings is 1. The van der Waals surface area contributed by atoms with Crippen molar-refractivity contribution in [1.82, 2.24) is 4.90 Å². The second-order valence-electron chi connectivity index (χ2n) is 6.35. The molecule has 0 aromatic heterocycles. The van der Waals surface area contributed by atoms with E-state index in [2.05, 4.69) is 0 Å². The van der Waals surface area contributed by atoms with Crippen LogP contribution in [0.25, 0.3) is 0 Å². The third kappa shape index (κ3) is 4.20. The Hall–Kier alpha value is -0.580. The van der Waals surface area contributed by atoms with Crippen molar-refractivity contribution in [3.05, 3.63) is 0 Å². The lowest BCUT2D eigenvalue weighted by Crippen LogP contribution is -2.40. The molecule has 1 aliphatic carbocycles. The summed E-state index contributed by atoms with van der Waals surface area (Å²) in [5.74, 6) is 1.42. The number of carbonyl (C=O) groups excluding carboxylic acids is 1. The second kappa shape index (κ2) is 5.81. The molecule has 0 spiro atoms. The van der Waals surface area contributed by atoms with E-state index >= 15 is 0 Å². The molecule has 1 saturated carbocycles. The number of nitrogens with zero attached hydrogens (tertiary/aromatic N) is 1. The normalized spacial score (nSPS) is 21.9. The Balaban J connectivity index is 1.77. The zero-order valence-electron chi connectivity index (χ0n) is 12.0. The van der Waals surface area contributed by atoms with Crippen molar-refractivity contribution in [1.29, 1.82) is 0 Å². The molecule has 1 saturated heterocycles. The fourth-order valence-corrected chi connectivity index (χ4v) is 3.94. The first kappa shape index (κ1) is 14.8. The highest BCUT2D eigenvalue weighted by Gasteiger charge is 2.30. The smallest absolute Gasteiger partial charge is 0.222 e. The van der Waals surface area contributed by atoms with Gasteiger partial charge in [-0.05, 0) is 51.4 Å². The molecule has 5 heteroatoms. The molecule has 19 heavy (non-hydrogen) atoms.